The summed E-state index contributed by atoms with van der Waals surface area (Å²) in [6.07, 6.45) is 4.70. The van der Waals surface area contributed by atoms with Crippen LogP contribution in [0.3, 0.4) is 0 Å². The van der Waals surface area contributed by atoms with E-state index in [4.69, 9.17) is 22.1 Å². The minimum absolute atomic E-state index is 0.162. The third-order valence-corrected chi connectivity index (χ3v) is 4.13. The topological polar surface area (TPSA) is 53.1 Å². The van der Waals surface area contributed by atoms with Crippen LogP contribution in [0, 0.1) is 6.92 Å². The van der Waals surface area contributed by atoms with Crippen molar-refractivity contribution in [3.8, 4) is 0 Å². The summed E-state index contributed by atoms with van der Waals surface area (Å²) in [5.41, 5.74) is 7.91. The lowest BCUT2D eigenvalue weighted by molar-refractivity contribution is 0.00109. The van der Waals surface area contributed by atoms with E-state index in [0.29, 0.717) is 6.61 Å². The zero-order chi connectivity index (χ0) is 13.1. The number of hydrogen-bond donors (Lipinski definition) is 1. The van der Waals surface area contributed by atoms with E-state index >= 15 is 0 Å². The summed E-state index contributed by atoms with van der Waals surface area (Å²) in [7, 11) is 0. The quantitative estimate of drug-likeness (QED) is 0.916. The van der Waals surface area contributed by atoms with Crippen molar-refractivity contribution in [2.24, 2.45) is 5.73 Å². The molecule has 1 saturated carbocycles. The average Bonchev–Trinajstić information content (AvgIpc) is 2.65. The molecule has 0 spiro atoms. The number of aromatic nitrogens is 2. The van der Waals surface area contributed by atoms with Gasteiger partial charge in [-0.25, -0.2) is 0 Å². The van der Waals surface area contributed by atoms with Gasteiger partial charge in [-0.05, 0) is 26.7 Å². The Morgan fingerprint density at radius 2 is 2.17 bits per heavy atom. The number of rotatable bonds is 4. The van der Waals surface area contributed by atoms with Crippen LogP contribution in [0.15, 0.2) is 0 Å². The Balaban J connectivity index is 2.01. The summed E-state index contributed by atoms with van der Waals surface area (Å²) in [5.74, 6) is 0. The van der Waals surface area contributed by atoms with E-state index in [2.05, 4.69) is 12.0 Å². The molecule has 0 saturated heterocycles. The molecule has 4 nitrogen and oxygen atoms in total. The summed E-state index contributed by atoms with van der Waals surface area (Å²) in [4.78, 5) is 0. The van der Waals surface area contributed by atoms with Crippen molar-refractivity contribution in [2.75, 3.05) is 0 Å². The standard InChI is InChI=1S/C13H22ClN3O/c1-3-17-11(13(14)9(2)16-17)8-18-12-7-5-4-6-10(12)15/h10,12H,3-8,15H2,1-2H3. The predicted octanol–water partition coefficient (Wildman–Crippen LogP) is 2.65. The average molecular weight is 272 g/mol. The first-order valence-corrected chi connectivity index (χ1v) is 7.10. The second-order valence-corrected chi connectivity index (χ2v) is 5.34. The van der Waals surface area contributed by atoms with Gasteiger partial charge < -0.3 is 10.5 Å². The highest BCUT2D eigenvalue weighted by atomic mass is 35.5. The first kappa shape index (κ1) is 13.8. The molecular formula is C13H22ClN3O. The van der Waals surface area contributed by atoms with E-state index in [1.165, 1.54) is 12.8 Å². The largest absolute Gasteiger partial charge is 0.370 e. The van der Waals surface area contributed by atoms with E-state index < -0.39 is 0 Å². The van der Waals surface area contributed by atoms with Crippen LogP contribution >= 0.6 is 11.6 Å². The molecule has 18 heavy (non-hydrogen) atoms. The van der Waals surface area contributed by atoms with Crippen LogP contribution in [-0.4, -0.2) is 21.9 Å². The highest BCUT2D eigenvalue weighted by molar-refractivity contribution is 6.31. The van der Waals surface area contributed by atoms with Crippen LogP contribution in [0.5, 0.6) is 0 Å². The molecule has 1 fully saturated rings. The third kappa shape index (κ3) is 2.87. The smallest absolute Gasteiger partial charge is 0.0904 e. The van der Waals surface area contributed by atoms with Crippen molar-refractivity contribution in [3.05, 3.63) is 16.4 Å². The lowest BCUT2D eigenvalue weighted by atomic mass is 9.93. The van der Waals surface area contributed by atoms with Crippen LogP contribution in [0.25, 0.3) is 0 Å². The maximum absolute atomic E-state index is 6.25. The molecule has 102 valence electrons. The molecule has 2 atom stereocenters. The lowest BCUT2D eigenvalue weighted by Crippen LogP contribution is -2.39. The first-order valence-electron chi connectivity index (χ1n) is 6.72. The first-order chi connectivity index (χ1) is 8.63. The van der Waals surface area contributed by atoms with Gasteiger partial charge >= 0.3 is 0 Å². The van der Waals surface area contributed by atoms with Crippen molar-refractivity contribution >= 4 is 11.6 Å². The van der Waals surface area contributed by atoms with Crippen LogP contribution in [0.1, 0.15) is 44.0 Å². The van der Waals surface area contributed by atoms with Gasteiger partial charge in [-0.1, -0.05) is 24.4 Å². The third-order valence-electron chi connectivity index (χ3n) is 3.64. The van der Waals surface area contributed by atoms with Crippen molar-refractivity contribution in [3.63, 3.8) is 0 Å². The monoisotopic (exact) mass is 271 g/mol. The Morgan fingerprint density at radius 3 is 2.83 bits per heavy atom. The van der Waals surface area contributed by atoms with Crippen LogP contribution in [0.4, 0.5) is 0 Å². The minimum atomic E-state index is 0.162. The number of nitrogens with zero attached hydrogens (tertiary/aromatic N) is 2. The van der Waals surface area contributed by atoms with Crippen LogP contribution in [-0.2, 0) is 17.9 Å². The van der Waals surface area contributed by atoms with Crippen molar-refractivity contribution < 1.29 is 4.74 Å². The van der Waals surface area contributed by atoms with Crippen molar-refractivity contribution in [2.45, 2.75) is 64.8 Å². The number of halogens is 1. The van der Waals surface area contributed by atoms with E-state index in [1.54, 1.807) is 0 Å². The second-order valence-electron chi connectivity index (χ2n) is 4.96. The molecule has 2 rings (SSSR count). The highest BCUT2D eigenvalue weighted by Gasteiger charge is 2.23. The summed E-state index contributed by atoms with van der Waals surface area (Å²) < 4.78 is 7.86. The summed E-state index contributed by atoms with van der Waals surface area (Å²) in [5, 5.41) is 5.11. The van der Waals surface area contributed by atoms with Crippen LogP contribution in [0.2, 0.25) is 5.02 Å². The number of aryl methyl sites for hydroxylation is 2. The van der Waals surface area contributed by atoms with Crippen LogP contribution < -0.4 is 5.73 Å². The van der Waals surface area contributed by atoms with E-state index in [-0.39, 0.29) is 12.1 Å². The maximum Gasteiger partial charge on any atom is 0.0904 e. The Labute approximate surface area is 113 Å². The molecule has 0 aliphatic heterocycles. The summed E-state index contributed by atoms with van der Waals surface area (Å²) in [6.45, 7) is 5.29. The zero-order valence-corrected chi connectivity index (χ0v) is 11.9. The molecule has 0 amide bonds. The highest BCUT2D eigenvalue weighted by Crippen LogP contribution is 2.24. The Kier molecular flexibility index (Phi) is 4.65. The Hall–Kier alpha value is -0.580. The molecule has 2 unspecified atom stereocenters. The Bertz CT molecular complexity index is 405. The van der Waals surface area contributed by atoms with Gasteiger partial charge in [-0.3, -0.25) is 4.68 Å². The summed E-state index contributed by atoms with van der Waals surface area (Å²) in [6, 6.07) is 0.164. The lowest BCUT2D eigenvalue weighted by Gasteiger charge is -2.28. The Morgan fingerprint density at radius 1 is 1.44 bits per heavy atom. The molecule has 1 aliphatic rings. The van der Waals surface area contributed by atoms with Gasteiger partial charge in [0, 0.05) is 12.6 Å². The van der Waals surface area contributed by atoms with Gasteiger partial charge in [-0.15, -0.1) is 0 Å². The van der Waals surface area contributed by atoms with Gasteiger partial charge in [0.1, 0.15) is 0 Å². The number of nitrogens with two attached hydrogens (primary N) is 1. The maximum atomic E-state index is 6.25. The number of ether oxygens (including phenoxy) is 1. The van der Waals surface area contributed by atoms with Crippen molar-refractivity contribution in [1.82, 2.24) is 9.78 Å². The molecule has 1 aliphatic carbocycles. The van der Waals surface area contributed by atoms with Gasteiger partial charge in [0.05, 0.1) is 29.1 Å². The molecule has 0 bridgehead atoms. The molecule has 2 N–H and O–H groups in total. The molecule has 1 aromatic heterocycles. The predicted molar refractivity (Wildman–Crippen MR) is 72.7 cm³/mol. The van der Waals surface area contributed by atoms with Gasteiger partial charge in [-0.2, -0.15) is 5.10 Å². The molecule has 1 aromatic rings. The fourth-order valence-corrected chi connectivity index (χ4v) is 2.72. The molecule has 0 aromatic carbocycles. The molecule has 1 heterocycles. The molecular weight excluding hydrogens is 250 g/mol. The van der Waals surface area contributed by atoms with E-state index in [9.17, 15) is 0 Å². The SMILES string of the molecule is CCn1nc(C)c(Cl)c1COC1CCCCC1N. The van der Waals surface area contributed by atoms with Crippen molar-refractivity contribution in [1.29, 1.82) is 0 Å². The normalized spacial score (nSPS) is 24.4. The number of hydrogen-bond acceptors (Lipinski definition) is 3. The molecule has 5 heteroatoms. The molecule has 0 radical (unpaired) electrons. The van der Waals surface area contributed by atoms with Gasteiger partial charge in [0.15, 0.2) is 0 Å². The minimum Gasteiger partial charge on any atom is -0.370 e. The zero-order valence-electron chi connectivity index (χ0n) is 11.2. The van der Waals surface area contributed by atoms with Gasteiger partial charge in [0.25, 0.3) is 0 Å². The fourth-order valence-electron chi connectivity index (χ4n) is 2.53. The second kappa shape index (κ2) is 6.04. The van der Waals surface area contributed by atoms with E-state index in [1.807, 2.05) is 11.6 Å². The van der Waals surface area contributed by atoms with E-state index in [0.717, 1.165) is 35.8 Å². The fraction of sp³-hybridized carbons (Fsp3) is 0.769. The van der Waals surface area contributed by atoms with Gasteiger partial charge in [0.2, 0.25) is 0 Å². The summed E-state index contributed by atoms with van der Waals surface area (Å²) >= 11 is 6.25.